The molecule has 26 heavy (non-hydrogen) atoms. The molecule has 0 saturated carbocycles. The Morgan fingerprint density at radius 1 is 1.08 bits per heavy atom. The summed E-state index contributed by atoms with van der Waals surface area (Å²) in [5, 5.41) is 1.35. The number of alkyl halides is 1. The number of anilines is 1. The van der Waals surface area contributed by atoms with Crippen LogP contribution in [0.25, 0.3) is 10.1 Å². The molecule has 0 saturated heterocycles. The van der Waals surface area contributed by atoms with E-state index < -0.39 is 28.3 Å². The van der Waals surface area contributed by atoms with Crippen LogP contribution in [-0.2, 0) is 10.0 Å². The molecule has 1 heterocycles. The summed E-state index contributed by atoms with van der Waals surface area (Å²) in [6.07, 6.45) is -0.00338. The Kier molecular flexibility index (Phi) is 5.24. The number of fused-ring (bicyclic) bond motifs is 1. The van der Waals surface area contributed by atoms with E-state index in [-0.39, 0.29) is 17.9 Å². The number of hydrogen-bond donors (Lipinski definition) is 0. The van der Waals surface area contributed by atoms with Crippen LogP contribution in [0.4, 0.5) is 18.2 Å². The van der Waals surface area contributed by atoms with Crippen LogP contribution in [0.2, 0.25) is 0 Å². The van der Waals surface area contributed by atoms with E-state index in [4.69, 9.17) is 0 Å². The Labute approximate surface area is 153 Å². The van der Waals surface area contributed by atoms with E-state index in [1.165, 1.54) is 11.3 Å². The molecule has 0 radical (unpaired) electrons. The van der Waals surface area contributed by atoms with Gasteiger partial charge in [0.15, 0.2) is 11.6 Å². The first kappa shape index (κ1) is 18.7. The minimum Gasteiger partial charge on any atom is -0.257 e. The third-order valence-corrected chi connectivity index (χ3v) is 7.23. The zero-order valence-electron chi connectivity index (χ0n) is 13.9. The van der Waals surface area contributed by atoms with Gasteiger partial charge in [-0.05, 0) is 48.6 Å². The Hall–Kier alpha value is -2.06. The summed E-state index contributed by atoms with van der Waals surface area (Å²) in [4.78, 5) is -0.368. The molecule has 0 amide bonds. The van der Waals surface area contributed by atoms with Gasteiger partial charge in [-0.15, -0.1) is 11.3 Å². The summed E-state index contributed by atoms with van der Waals surface area (Å²) < 4.78 is 67.6. The van der Waals surface area contributed by atoms with Gasteiger partial charge in [-0.1, -0.05) is 18.2 Å². The van der Waals surface area contributed by atoms with Crippen molar-refractivity contribution in [2.75, 3.05) is 17.5 Å². The van der Waals surface area contributed by atoms with Gasteiger partial charge >= 0.3 is 0 Å². The highest BCUT2D eigenvalue weighted by Crippen LogP contribution is 2.40. The van der Waals surface area contributed by atoms with Crippen LogP contribution in [0.3, 0.4) is 0 Å². The molecule has 0 aliphatic heterocycles. The highest BCUT2D eigenvalue weighted by atomic mass is 32.2. The fourth-order valence-electron chi connectivity index (χ4n) is 2.70. The number of nitrogens with zero attached hydrogens (tertiary/aromatic N) is 1. The molecule has 0 fully saturated rings. The monoisotopic (exact) mass is 399 g/mol. The molecule has 0 aliphatic rings. The molecule has 0 bridgehead atoms. The summed E-state index contributed by atoms with van der Waals surface area (Å²) in [7, 11) is -4.17. The van der Waals surface area contributed by atoms with Crippen LogP contribution in [0.15, 0.2) is 47.4 Å². The van der Waals surface area contributed by atoms with Crippen molar-refractivity contribution < 1.29 is 21.6 Å². The van der Waals surface area contributed by atoms with Crippen molar-refractivity contribution in [2.45, 2.75) is 18.2 Å². The molecular weight excluding hydrogens is 383 g/mol. The lowest BCUT2D eigenvalue weighted by Gasteiger charge is -2.23. The second-order valence-corrected chi connectivity index (χ2v) is 8.62. The predicted octanol–water partition coefficient (Wildman–Crippen LogP) is 5.04. The fraction of sp³-hybridized carbons (Fsp3) is 0.222. The normalized spacial score (nSPS) is 11.8. The van der Waals surface area contributed by atoms with Gasteiger partial charge in [0, 0.05) is 11.2 Å². The first-order chi connectivity index (χ1) is 12.4. The number of hydrogen-bond acceptors (Lipinski definition) is 3. The molecular formula is C18H16F3NO2S2. The topological polar surface area (TPSA) is 37.4 Å². The van der Waals surface area contributed by atoms with Gasteiger partial charge in [-0.3, -0.25) is 8.70 Å². The zero-order chi connectivity index (χ0) is 18.9. The summed E-state index contributed by atoms with van der Waals surface area (Å²) in [5.41, 5.74) is 0.746. The summed E-state index contributed by atoms with van der Waals surface area (Å²) in [6.45, 7) is 1.01. The van der Waals surface area contributed by atoms with Gasteiger partial charge < -0.3 is 0 Å². The van der Waals surface area contributed by atoms with Crippen molar-refractivity contribution in [1.82, 2.24) is 0 Å². The Bertz CT molecular complexity index is 1050. The van der Waals surface area contributed by atoms with E-state index in [2.05, 4.69) is 0 Å². The number of rotatable bonds is 6. The minimum absolute atomic E-state index is 0.00338. The lowest BCUT2D eigenvalue weighted by atomic mass is 10.2. The van der Waals surface area contributed by atoms with Crippen molar-refractivity contribution in [2.24, 2.45) is 0 Å². The number of halogens is 3. The Balaban J connectivity index is 2.15. The summed E-state index contributed by atoms with van der Waals surface area (Å²) in [6, 6.07) is 9.87. The first-order valence-corrected chi connectivity index (χ1v) is 10.1. The van der Waals surface area contributed by atoms with E-state index in [1.54, 1.807) is 6.92 Å². The molecule has 3 aromatic rings. The number of sulfonamides is 1. The van der Waals surface area contributed by atoms with Crippen molar-refractivity contribution >= 4 is 36.4 Å². The number of aryl methyl sites for hydroxylation is 1. The third kappa shape index (κ3) is 3.31. The SMILES string of the molecule is Cc1c(N(CCCF)S(=O)(=O)c2ccc(F)c(F)c2)sc2ccccc12. The first-order valence-electron chi connectivity index (χ1n) is 7.88. The van der Waals surface area contributed by atoms with Gasteiger partial charge in [-0.2, -0.15) is 0 Å². The second kappa shape index (κ2) is 7.28. The van der Waals surface area contributed by atoms with Crippen molar-refractivity contribution in [3.05, 3.63) is 59.7 Å². The molecule has 0 unspecified atom stereocenters. The molecule has 8 heteroatoms. The molecule has 0 spiro atoms. The maximum Gasteiger partial charge on any atom is 0.265 e. The predicted molar refractivity (Wildman–Crippen MR) is 98.0 cm³/mol. The van der Waals surface area contributed by atoms with E-state index >= 15 is 0 Å². The van der Waals surface area contributed by atoms with E-state index in [9.17, 15) is 21.6 Å². The highest BCUT2D eigenvalue weighted by molar-refractivity contribution is 7.93. The van der Waals surface area contributed by atoms with Crippen LogP contribution in [0.5, 0.6) is 0 Å². The number of thiophene rings is 1. The molecule has 3 rings (SSSR count). The van der Waals surface area contributed by atoms with Gasteiger partial charge in [0.2, 0.25) is 0 Å². The standard InChI is InChI=1S/C18H16F3NO2S2/c1-12-14-5-2-3-6-17(14)25-18(12)22(10-4-9-19)26(23,24)13-7-8-15(20)16(21)11-13/h2-3,5-8,11H,4,9-10H2,1H3. The second-order valence-electron chi connectivity index (χ2n) is 5.72. The van der Waals surface area contributed by atoms with Gasteiger partial charge in [0.1, 0.15) is 5.00 Å². The molecule has 138 valence electrons. The van der Waals surface area contributed by atoms with Crippen molar-refractivity contribution in [3.8, 4) is 0 Å². The molecule has 1 aromatic heterocycles. The Morgan fingerprint density at radius 3 is 2.46 bits per heavy atom. The number of benzene rings is 2. The van der Waals surface area contributed by atoms with Crippen LogP contribution < -0.4 is 4.31 Å². The van der Waals surface area contributed by atoms with E-state index in [1.807, 2.05) is 24.3 Å². The quantitative estimate of drug-likeness (QED) is 0.582. The van der Waals surface area contributed by atoms with Gasteiger partial charge in [0.05, 0.1) is 11.6 Å². The van der Waals surface area contributed by atoms with Crippen LogP contribution >= 0.6 is 11.3 Å². The maximum absolute atomic E-state index is 13.6. The lowest BCUT2D eigenvalue weighted by molar-refractivity contribution is 0.476. The van der Waals surface area contributed by atoms with E-state index in [0.29, 0.717) is 11.1 Å². The zero-order valence-corrected chi connectivity index (χ0v) is 15.5. The molecule has 0 aliphatic carbocycles. The largest absolute Gasteiger partial charge is 0.265 e. The average Bonchev–Trinajstić information content (AvgIpc) is 2.94. The van der Waals surface area contributed by atoms with Crippen molar-refractivity contribution in [1.29, 1.82) is 0 Å². The van der Waals surface area contributed by atoms with Crippen LogP contribution in [0, 0.1) is 18.6 Å². The average molecular weight is 399 g/mol. The van der Waals surface area contributed by atoms with Crippen LogP contribution in [0.1, 0.15) is 12.0 Å². The summed E-state index contributed by atoms with van der Waals surface area (Å²) >= 11 is 1.27. The molecule has 2 aromatic carbocycles. The van der Waals surface area contributed by atoms with E-state index in [0.717, 1.165) is 32.1 Å². The maximum atomic E-state index is 13.6. The molecule has 3 nitrogen and oxygen atoms in total. The van der Waals surface area contributed by atoms with Gasteiger partial charge in [-0.25, -0.2) is 17.2 Å². The fourth-order valence-corrected chi connectivity index (χ4v) is 5.72. The van der Waals surface area contributed by atoms with Crippen molar-refractivity contribution in [3.63, 3.8) is 0 Å². The molecule has 0 atom stereocenters. The third-order valence-electron chi connectivity index (χ3n) is 4.02. The van der Waals surface area contributed by atoms with Gasteiger partial charge in [0.25, 0.3) is 10.0 Å². The smallest absolute Gasteiger partial charge is 0.257 e. The van der Waals surface area contributed by atoms with Crippen LogP contribution in [-0.4, -0.2) is 21.6 Å². The Morgan fingerprint density at radius 2 is 1.81 bits per heavy atom. The highest BCUT2D eigenvalue weighted by Gasteiger charge is 2.28. The molecule has 0 N–H and O–H groups in total. The summed E-state index contributed by atoms with van der Waals surface area (Å²) in [5.74, 6) is -2.37. The lowest BCUT2D eigenvalue weighted by Crippen LogP contribution is -2.32. The minimum atomic E-state index is -4.17.